The highest BCUT2D eigenvalue weighted by Crippen LogP contribution is 2.41. The first-order chi connectivity index (χ1) is 16.8. The van der Waals surface area contributed by atoms with Crippen molar-refractivity contribution in [2.24, 2.45) is 0 Å². The quantitative estimate of drug-likeness (QED) is 0.221. The zero-order valence-electron chi connectivity index (χ0n) is 17.8. The molecule has 6 heteroatoms. The highest BCUT2D eigenvalue weighted by atomic mass is 32.1. The fourth-order valence-corrected chi connectivity index (χ4v) is 7.23. The Morgan fingerprint density at radius 2 is 0.824 bits per heavy atom. The minimum absolute atomic E-state index is 0.961. The molecule has 6 heterocycles. The van der Waals surface area contributed by atoms with Gasteiger partial charge in [0.2, 0.25) is 0 Å². The van der Waals surface area contributed by atoms with Crippen LogP contribution < -0.4 is 0 Å². The number of thiophene rings is 4. The van der Waals surface area contributed by atoms with Crippen molar-refractivity contribution in [1.82, 2.24) is 9.97 Å². The average molecular weight is 509 g/mol. The molecule has 0 unspecified atom stereocenters. The lowest BCUT2D eigenvalue weighted by atomic mass is 9.99. The number of fused-ring (bicyclic) bond motifs is 3. The summed E-state index contributed by atoms with van der Waals surface area (Å²) in [4.78, 5) is 15.3. The Labute approximate surface area is 212 Å². The maximum absolute atomic E-state index is 5.22. The van der Waals surface area contributed by atoms with Crippen LogP contribution in [0.4, 0.5) is 0 Å². The van der Waals surface area contributed by atoms with Crippen LogP contribution in [0.5, 0.6) is 0 Å². The van der Waals surface area contributed by atoms with Gasteiger partial charge in [-0.25, -0.2) is 9.97 Å². The SMILES string of the molecule is c1csc(-c2cc(-c3cccs3)c3ccc4c(-c5cccs5)cc(-c5cccs5)nc4c3n2)c1. The lowest BCUT2D eigenvalue weighted by molar-refractivity contribution is 1.38. The molecule has 0 amide bonds. The van der Waals surface area contributed by atoms with Crippen LogP contribution in [0.1, 0.15) is 0 Å². The lowest BCUT2D eigenvalue weighted by Crippen LogP contribution is -1.93. The fourth-order valence-electron chi connectivity index (χ4n) is 4.35. The van der Waals surface area contributed by atoms with Gasteiger partial charge in [-0.3, -0.25) is 0 Å². The fraction of sp³-hybridized carbons (Fsp3) is 0. The molecular weight excluding hydrogens is 493 g/mol. The Bertz CT molecular complexity index is 1600. The number of aromatic nitrogens is 2. The molecule has 0 bridgehead atoms. The molecule has 0 N–H and O–H groups in total. The lowest BCUT2D eigenvalue weighted by Gasteiger charge is -2.13. The predicted molar refractivity (Wildman–Crippen MR) is 150 cm³/mol. The van der Waals surface area contributed by atoms with Crippen molar-refractivity contribution in [2.45, 2.75) is 0 Å². The second-order valence-electron chi connectivity index (χ2n) is 7.88. The average Bonchev–Trinajstić information content (AvgIpc) is 3.70. The van der Waals surface area contributed by atoms with Crippen LogP contribution in [0, 0.1) is 0 Å². The molecule has 0 fully saturated rings. The van der Waals surface area contributed by atoms with Gasteiger partial charge in [-0.2, -0.15) is 0 Å². The van der Waals surface area contributed by atoms with E-state index in [-0.39, 0.29) is 0 Å². The standard InChI is InChI=1S/C28H16N2S4/c1-5-23(31-11-1)19-15-21(25-7-3-13-33-25)29-27-17(19)9-10-18-20(24-6-2-12-32-24)16-22(30-28(18)27)26-8-4-14-34-26/h1-16H. The van der Waals surface area contributed by atoms with Crippen LogP contribution in [0.25, 0.3) is 63.8 Å². The molecule has 0 saturated carbocycles. The monoisotopic (exact) mass is 508 g/mol. The highest BCUT2D eigenvalue weighted by molar-refractivity contribution is 7.14. The molecule has 34 heavy (non-hydrogen) atoms. The third-order valence-corrected chi connectivity index (χ3v) is 9.47. The van der Waals surface area contributed by atoms with E-state index in [9.17, 15) is 0 Å². The summed E-state index contributed by atoms with van der Waals surface area (Å²) in [5, 5.41) is 10.8. The van der Waals surface area contributed by atoms with Gasteiger partial charge in [0, 0.05) is 31.7 Å². The zero-order valence-corrected chi connectivity index (χ0v) is 21.0. The Balaban J connectivity index is 1.63. The molecule has 7 rings (SSSR count). The number of benzene rings is 1. The number of pyridine rings is 2. The molecule has 0 spiro atoms. The van der Waals surface area contributed by atoms with Crippen molar-refractivity contribution in [3.8, 4) is 42.0 Å². The van der Waals surface area contributed by atoms with E-state index in [1.807, 2.05) is 0 Å². The summed E-state index contributed by atoms with van der Waals surface area (Å²) >= 11 is 6.97. The Morgan fingerprint density at radius 3 is 1.18 bits per heavy atom. The first-order valence-corrected chi connectivity index (χ1v) is 14.3. The first-order valence-electron chi connectivity index (χ1n) is 10.8. The van der Waals surface area contributed by atoms with Crippen molar-refractivity contribution in [3.63, 3.8) is 0 Å². The van der Waals surface area contributed by atoms with E-state index in [2.05, 4.69) is 94.3 Å². The van der Waals surface area contributed by atoms with Gasteiger partial charge in [-0.1, -0.05) is 36.4 Å². The number of rotatable bonds is 4. The molecule has 7 aromatic rings. The summed E-state index contributed by atoms with van der Waals surface area (Å²) in [5.74, 6) is 0. The van der Waals surface area contributed by atoms with Gasteiger partial charge in [-0.15, -0.1) is 45.3 Å². The van der Waals surface area contributed by atoms with Gasteiger partial charge in [0.15, 0.2) is 0 Å². The molecule has 1 aromatic carbocycles. The molecule has 0 aliphatic carbocycles. The number of hydrogen-bond acceptors (Lipinski definition) is 6. The van der Waals surface area contributed by atoms with E-state index < -0.39 is 0 Å². The molecule has 6 aromatic heterocycles. The first kappa shape index (κ1) is 20.2. The van der Waals surface area contributed by atoms with E-state index in [4.69, 9.17) is 9.97 Å². The summed E-state index contributed by atoms with van der Waals surface area (Å²) in [5.41, 5.74) is 6.35. The second kappa shape index (κ2) is 8.25. The molecule has 0 aliphatic heterocycles. The van der Waals surface area contributed by atoms with E-state index in [0.717, 1.165) is 33.2 Å². The maximum atomic E-state index is 5.22. The van der Waals surface area contributed by atoms with Gasteiger partial charge >= 0.3 is 0 Å². The Hall–Kier alpha value is -3.16. The minimum Gasteiger partial charge on any atom is -0.245 e. The van der Waals surface area contributed by atoms with Crippen LogP contribution in [0.15, 0.2) is 94.3 Å². The van der Waals surface area contributed by atoms with E-state index in [1.54, 1.807) is 45.3 Å². The van der Waals surface area contributed by atoms with E-state index >= 15 is 0 Å². The third-order valence-electron chi connectivity index (χ3n) is 5.88. The molecule has 0 atom stereocenters. The van der Waals surface area contributed by atoms with E-state index in [1.165, 1.54) is 30.6 Å². The zero-order chi connectivity index (χ0) is 22.5. The summed E-state index contributed by atoms with van der Waals surface area (Å²) in [7, 11) is 0. The van der Waals surface area contributed by atoms with Crippen LogP contribution in [-0.2, 0) is 0 Å². The Kier molecular flexibility index (Phi) is 4.91. The Morgan fingerprint density at radius 1 is 0.441 bits per heavy atom. The van der Waals surface area contributed by atoms with Crippen LogP contribution in [0.3, 0.4) is 0 Å². The van der Waals surface area contributed by atoms with Crippen LogP contribution in [0.2, 0.25) is 0 Å². The van der Waals surface area contributed by atoms with Crippen LogP contribution in [-0.4, -0.2) is 9.97 Å². The maximum Gasteiger partial charge on any atom is 0.0979 e. The normalized spacial score (nSPS) is 11.5. The van der Waals surface area contributed by atoms with Gasteiger partial charge in [0.1, 0.15) is 0 Å². The summed E-state index contributed by atoms with van der Waals surface area (Å²) < 4.78 is 0. The van der Waals surface area contributed by atoms with Gasteiger partial charge in [-0.05, 0) is 57.9 Å². The van der Waals surface area contributed by atoms with Gasteiger partial charge in [0.05, 0.1) is 32.2 Å². The van der Waals surface area contributed by atoms with Crippen molar-refractivity contribution in [2.75, 3.05) is 0 Å². The molecule has 162 valence electrons. The van der Waals surface area contributed by atoms with Crippen molar-refractivity contribution < 1.29 is 0 Å². The molecule has 0 radical (unpaired) electrons. The topological polar surface area (TPSA) is 25.8 Å². The second-order valence-corrected chi connectivity index (χ2v) is 11.7. The number of hydrogen-bond donors (Lipinski definition) is 0. The highest BCUT2D eigenvalue weighted by Gasteiger charge is 2.18. The van der Waals surface area contributed by atoms with Crippen molar-refractivity contribution in [1.29, 1.82) is 0 Å². The smallest absolute Gasteiger partial charge is 0.0979 e. The summed E-state index contributed by atoms with van der Waals surface area (Å²) in [6.45, 7) is 0. The summed E-state index contributed by atoms with van der Waals surface area (Å²) in [6, 6.07) is 26.0. The van der Waals surface area contributed by atoms with E-state index in [0.29, 0.717) is 0 Å². The summed E-state index contributed by atoms with van der Waals surface area (Å²) in [6.07, 6.45) is 0. The molecule has 0 saturated heterocycles. The van der Waals surface area contributed by atoms with Gasteiger partial charge < -0.3 is 0 Å². The van der Waals surface area contributed by atoms with Crippen molar-refractivity contribution >= 4 is 67.2 Å². The largest absolute Gasteiger partial charge is 0.245 e. The van der Waals surface area contributed by atoms with Gasteiger partial charge in [0.25, 0.3) is 0 Å². The number of nitrogens with zero attached hydrogens (tertiary/aromatic N) is 2. The van der Waals surface area contributed by atoms with Crippen LogP contribution >= 0.6 is 45.3 Å². The molecular formula is C28H16N2S4. The minimum atomic E-state index is 0.961. The van der Waals surface area contributed by atoms with Crippen molar-refractivity contribution in [3.05, 3.63) is 94.3 Å². The predicted octanol–water partition coefficient (Wildman–Crippen LogP) is 9.70. The third kappa shape index (κ3) is 3.34. The molecule has 0 aliphatic rings. The molecule has 2 nitrogen and oxygen atoms in total.